The molecule has 9 nitrogen and oxygen atoms in total. The molecule has 2 unspecified atom stereocenters. The number of carboxylic acid groups (broad SMARTS) is 1. The predicted molar refractivity (Wildman–Crippen MR) is 175 cm³/mol. The average molecular weight is 670 g/mol. The first kappa shape index (κ1) is 31.1. The lowest BCUT2D eigenvalue weighted by Gasteiger charge is -2.39. The van der Waals surface area contributed by atoms with Gasteiger partial charge in [-0.2, -0.15) is 0 Å². The van der Waals surface area contributed by atoms with Crippen LogP contribution in [0.15, 0.2) is 42.5 Å². The van der Waals surface area contributed by atoms with Gasteiger partial charge >= 0.3 is 5.97 Å². The SMILES string of the molecule is C[C@H]1CN(c2cc(Cl)c(C(=O)N3COc4c(cccc4-c4cc(N5C6CCC5COC6)c(C(=O)O)cc4F)C3)c(Cl)c2)CCN1C. The molecule has 4 aliphatic heterocycles. The Morgan fingerprint density at radius 2 is 1.72 bits per heavy atom. The van der Waals surface area contributed by atoms with E-state index in [0.717, 1.165) is 44.2 Å². The zero-order valence-corrected chi connectivity index (χ0v) is 27.2. The standard InChI is InChI=1S/C34H35Cl2FN4O5/c1-19-14-39(9-8-38(19)2)23-10-27(35)31(28(36)11-23)33(42)40-15-20-4-3-5-24(32(20)46-18-40)25-13-30(26(34(43)44)12-29(25)37)41-21-6-7-22(41)17-45-16-21/h3-5,10-13,19,21-22H,6-9,14-18H2,1-2H3,(H,43,44)/t19-,21?,22?/m0/s1. The number of fused-ring (bicyclic) bond motifs is 3. The molecule has 46 heavy (non-hydrogen) atoms. The number of halogens is 3. The van der Waals surface area contributed by atoms with E-state index in [2.05, 4.69) is 28.7 Å². The van der Waals surface area contributed by atoms with Gasteiger partial charge in [0.2, 0.25) is 0 Å². The Labute approximate surface area is 277 Å². The third kappa shape index (κ3) is 5.45. The van der Waals surface area contributed by atoms with E-state index in [1.54, 1.807) is 30.3 Å². The summed E-state index contributed by atoms with van der Waals surface area (Å²) in [5.41, 5.74) is 2.88. The molecule has 7 rings (SSSR count). The number of anilines is 2. The topological polar surface area (TPSA) is 85.8 Å². The number of rotatable bonds is 5. The number of carboxylic acids is 1. The number of carbonyl (C=O) groups excluding carboxylic acids is 1. The second-order valence-electron chi connectivity index (χ2n) is 12.6. The van der Waals surface area contributed by atoms with Gasteiger partial charge in [-0.3, -0.25) is 4.79 Å². The Morgan fingerprint density at radius 3 is 2.39 bits per heavy atom. The maximum atomic E-state index is 15.7. The number of likely N-dealkylation sites (N-methyl/N-ethyl adjacent to an activating group) is 1. The summed E-state index contributed by atoms with van der Waals surface area (Å²) < 4.78 is 27.5. The van der Waals surface area contributed by atoms with Crippen LogP contribution >= 0.6 is 23.2 Å². The average Bonchev–Trinajstić information content (AvgIpc) is 3.28. The Bertz CT molecular complexity index is 1680. The van der Waals surface area contributed by atoms with Crippen LogP contribution in [0, 0.1) is 5.82 Å². The normalized spacial score (nSPS) is 22.9. The minimum Gasteiger partial charge on any atom is -0.478 e. The first-order valence-corrected chi connectivity index (χ1v) is 16.3. The van der Waals surface area contributed by atoms with E-state index in [9.17, 15) is 14.7 Å². The first-order valence-electron chi connectivity index (χ1n) is 15.5. The van der Waals surface area contributed by atoms with E-state index < -0.39 is 11.8 Å². The summed E-state index contributed by atoms with van der Waals surface area (Å²) in [4.78, 5) is 34.1. The molecule has 3 atom stereocenters. The summed E-state index contributed by atoms with van der Waals surface area (Å²) in [7, 11) is 2.10. The van der Waals surface area contributed by atoms with E-state index in [1.807, 2.05) is 6.07 Å². The van der Waals surface area contributed by atoms with Crippen molar-refractivity contribution < 1.29 is 28.6 Å². The van der Waals surface area contributed by atoms with Crippen LogP contribution in [0.5, 0.6) is 5.75 Å². The molecular weight excluding hydrogens is 634 g/mol. The van der Waals surface area contributed by atoms with Crippen LogP contribution in [-0.4, -0.2) is 91.5 Å². The summed E-state index contributed by atoms with van der Waals surface area (Å²) in [6.45, 7) is 5.83. The van der Waals surface area contributed by atoms with Gasteiger partial charge in [-0.25, -0.2) is 9.18 Å². The van der Waals surface area contributed by atoms with Crippen molar-refractivity contribution in [2.45, 2.75) is 44.4 Å². The van der Waals surface area contributed by atoms with Crippen LogP contribution in [0.4, 0.5) is 15.8 Å². The van der Waals surface area contributed by atoms with Gasteiger partial charge in [0, 0.05) is 48.1 Å². The fourth-order valence-corrected chi connectivity index (χ4v) is 7.82. The predicted octanol–water partition coefficient (Wildman–Crippen LogP) is 6.00. The van der Waals surface area contributed by atoms with Gasteiger partial charge in [0.05, 0.1) is 58.7 Å². The van der Waals surface area contributed by atoms with Gasteiger partial charge in [-0.05, 0) is 51.1 Å². The van der Waals surface area contributed by atoms with Crippen LogP contribution in [0.2, 0.25) is 10.0 Å². The molecule has 3 aromatic rings. The third-order valence-corrected chi connectivity index (χ3v) is 10.4. The second-order valence-corrected chi connectivity index (χ2v) is 13.4. The molecule has 3 fully saturated rings. The van der Waals surface area contributed by atoms with Crippen LogP contribution in [-0.2, 0) is 11.3 Å². The molecule has 0 spiro atoms. The van der Waals surface area contributed by atoms with E-state index in [-0.39, 0.29) is 58.0 Å². The number of benzene rings is 3. The number of carbonyl (C=O) groups is 2. The lowest BCUT2D eigenvalue weighted by atomic mass is 9.96. The molecule has 0 radical (unpaired) electrons. The van der Waals surface area contributed by atoms with Crippen molar-refractivity contribution >= 4 is 46.5 Å². The highest BCUT2D eigenvalue weighted by Crippen LogP contribution is 2.43. The van der Waals surface area contributed by atoms with Gasteiger partial charge < -0.3 is 34.2 Å². The molecular formula is C34H35Cl2FN4O5. The summed E-state index contributed by atoms with van der Waals surface area (Å²) in [6, 6.07) is 12.1. The molecule has 2 bridgehead atoms. The Hall–Kier alpha value is -3.57. The second kappa shape index (κ2) is 12.2. The largest absolute Gasteiger partial charge is 0.478 e. The molecule has 12 heteroatoms. The molecule has 1 N–H and O–H groups in total. The summed E-state index contributed by atoms with van der Waals surface area (Å²) >= 11 is 13.4. The maximum absolute atomic E-state index is 15.7. The Balaban J connectivity index is 1.17. The molecule has 242 valence electrons. The zero-order valence-electron chi connectivity index (χ0n) is 25.6. The van der Waals surface area contributed by atoms with Crippen LogP contribution in [0.3, 0.4) is 0 Å². The summed E-state index contributed by atoms with van der Waals surface area (Å²) in [5, 5.41) is 10.5. The number of piperazine rings is 1. The fourth-order valence-electron chi connectivity index (χ4n) is 7.18. The minimum atomic E-state index is -1.18. The van der Waals surface area contributed by atoms with E-state index in [4.69, 9.17) is 32.7 Å². The highest BCUT2D eigenvalue weighted by molar-refractivity contribution is 6.40. The third-order valence-electron chi connectivity index (χ3n) is 9.80. The Kier molecular flexibility index (Phi) is 8.25. The van der Waals surface area contributed by atoms with Crippen molar-refractivity contribution in [3.05, 3.63) is 75.0 Å². The number of aromatic carboxylic acids is 1. The lowest BCUT2D eigenvalue weighted by Crippen LogP contribution is -2.50. The smallest absolute Gasteiger partial charge is 0.337 e. The Morgan fingerprint density at radius 1 is 1.00 bits per heavy atom. The van der Waals surface area contributed by atoms with Crippen LogP contribution in [0.1, 0.15) is 46.0 Å². The number of amides is 1. The molecule has 4 aliphatic rings. The molecule has 3 saturated heterocycles. The molecule has 3 aromatic carbocycles. The van der Waals surface area contributed by atoms with Crippen LogP contribution in [0.25, 0.3) is 11.1 Å². The molecule has 0 aromatic heterocycles. The van der Waals surface area contributed by atoms with Gasteiger partial charge in [0.15, 0.2) is 6.73 Å². The highest BCUT2D eigenvalue weighted by atomic mass is 35.5. The monoisotopic (exact) mass is 668 g/mol. The molecule has 0 saturated carbocycles. The van der Waals surface area contributed by atoms with Crippen LogP contribution < -0.4 is 14.5 Å². The van der Waals surface area contributed by atoms with Crippen molar-refractivity contribution in [3.8, 4) is 16.9 Å². The zero-order chi connectivity index (χ0) is 32.3. The lowest BCUT2D eigenvalue weighted by molar-refractivity contribution is 0.0516. The van der Waals surface area contributed by atoms with Gasteiger partial charge in [-0.1, -0.05) is 41.4 Å². The van der Waals surface area contributed by atoms with E-state index in [1.165, 1.54) is 4.90 Å². The maximum Gasteiger partial charge on any atom is 0.337 e. The summed E-state index contributed by atoms with van der Waals surface area (Å²) in [5.74, 6) is -1.77. The number of para-hydroxylation sites is 1. The van der Waals surface area contributed by atoms with Crippen molar-refractivity contribution in [2.24, 2.45) is 0 Å². The summed E-state index contributed by atoms with van der Waals surface area (Å²) in [6.07, 6.45) is 1.77. The van der Waals surface area contributed by atoms with Crippen molar-refractivity contribution in [3.63, 3.8) is 0 Å². The molecule has 4 heterocycles. The van der Waals surface area contributed by atoms with Crippen molar-refractivity contribution in [1.82, 2.24) is 9.80 Å². The van der Waals surface area contributed by atoms with Crippen molar-refractivity contribution in [1.29, 1.82) is 0 Å². The van der Waals surface area contributed by atoms with E-state index in [0.29, 0.717) is 41.8 Å². The molecule has 1 amide bonds. The fraction of sp³-hybridized carbons (Fsp3) is 0.412. The number of nitrogens with zero attached hydrogens (tertiary/aromatic N) is 4. The molecule has 0 aliphatic carbocycles. The van der Waals surface area contributed by atoms with Gasteiger partial charge in [0.25, 0.3) is 5.91 Å². The number of ether oxygens (including phenoxy) is 2. The number of hydrogen-bond donors (Lipinski definition) is 1. The minimum absolute atomic E-state index is 0.0357. The van der Waals surface area contributed by atoms with E-state index >= 15 is 4.39 Å². The highest BCUT2D eigenvalue weighted by Gasteiger charge is 2.40. The van der Waals surface area contributed by atoms with Crippen molar-refractivity contribution in [2.75, 3.05) is 56.4 Å². The number of hydrogen-bond acceptors (Lipinski definition) is 7. The van der Waals surface area contributed by atoms with Gasteiger partial charge in [0.1, 0.15) is 11.6 Å². The first-order chi connectivity index (χ1) is 22.1. The quantitative estimate of drug-likeness (QED) is 0.355. The number of morpholine rings is 1. The van der Waals surface area contributed by atoms with Gasteiger partial charge in [-0.15, -0.1) is 0 Å².